The molecule has 0 fully saturated rings. The topological polar surface area (TPSA) is 127 Å². The maximum Gasteiger partial charge on any atom is 0.311 e. The van der Waals surface area contributed by atoms with E-state index in [9.17, 15) is 16.8 Å². The average molecular weight is 343 g/mol. The molecule has 0 spiro atoms. The molecule has 0 aliphatic heterocycles. The van der Waals surface area contributed by atoms with Crippen LogP contribution in [0.1, 0.15) is 12.8 Å². The van der Waals surface area contributed by atoms with E-state index in [0.717, 1.165) is 0 Å². The summed E-state index contributed by atoms with van der Waals surface area (Å²) in [5.41, 5.74) is 6.02. The maximum atomic E-state index is 10.1. The van der Waals surface area contributed by atoms with E-state index in [1.54, 1.807) is 12.1 Å². The first kappa shape index (κ1) is 18.8. The van der Waals surface area contributed by atoms with Crippen LogP contribution in [0.2, 0.25) is 5.02 Å². The number of nitrogen functional groups attached to an aromatic ring is 1. The number of benzene rings is 1. The van der Waals surface area contributed by atoms with Crippen molar-refractivity contribution in [3.8, 4) is 0 Å². The Bertz CT molecular complexity index is 614. The molecule has 0 radical (unpaired) electrons. The molecule has 1 aromatic carbocycles. The Balaban J connectivity index is 0.000000388. The fourth-order valence-corrected chi connectivity index (χ4v) is 1.99. The lowest BCUT2D eigenvalue weighted by Crippen LogP contribution is -2.03. The second kappa shape index (κ2) is 9.70. The fourth-order valence-electron chi connectivity index (χ4n) is 1.01. The Morgan fingerprint density at radius 2 is 1.85 bits per heavy atom. The third-order valence-corrected chi connectivity index (χ3v) is 3.45. The Labute approximate surface area is 124 Å². The zero-order chi connectivity index (χ0) is 15.6. The van der Waals surface area contributed by atoms with Crippen molar-refractivity contribution >= 4 is 37.9 Å². The van der Waals surface area contributed by atoms with Gasteiger partial charge in [-0.2, -0.15) is 21.2 Å². The fraction of sp³-hybridized carbons (Fsp3) is 0.400. The van der Waals surface area contributed by atoms with Crippen LogP contribution in [0.25, 0.3) is 0 Å². The van der Waals surface area contributed by atoms with Gasteiger partial charge < -0.3 is 5.73 Å². The number of halogens is 1. The van der Waals surface area contributed by atoms with Gasteiger partial charge in [0.15, 0.2) is 0 Å². The number of rotatable bonds is 5. The van der Waals surface area contributed by atoms with Gasteiger partial charge in [0.25, 0.3) is 10.1 Å². The van der Waals surface area contributed by atoms with Crippen molar-refractivity contribution < 1.29 is 21.4 Å². The van der Waals surface area contributed by atoms with Gasteiger partial charge in [-0.3, -0.25) is 4.55 Å². The van der Waals surface area contributed by atoms with Gasteiger partial charge in [-0.05, 0) is 25.0 Å². The van der Waals surface area contributed by atoms with Crippen molar-refractivity contribution in [1.29, 1.82) is 0 Å². The molecule has 0 heterocycles. The lowest BCUT2D eigenvalue weighted by Gasteiger charge is -1.92. The normalized spacial score (nSPS) is 10.3. The van der Waals surface area contributed by atoms with Crippen LogP contribution in [0.3, 0.4) is 0 Å². The van der Waals surface area contributed by atoms with Crippen LogP contribution in [0.5, 0.6) is 0 Å². The van der Waals surface area contributed by atoms with Crippen molar-refractivity contribution in [2.45, 2.75) is 12.8 Å². The number of anilines is 1. The van der Waals surface area contributed by atoms with Crippen LogP contribution in [0.4, 0.5) is 5.69 Å². The van der Waals surface area contributed by atoms with Crippen molar-refractivity contribution in [3.63, 3.8) is 0 Å². The molecule has 0 unspecified atom stereocenters. The van der Waals surface area contributed by atoms with E-state index in [0.29, 0.717) is 17.1 Å². The number of para-hydroxylation sites is 1. The minimum absolute atomic E-state index is 0.0611. The smallest absolute Gasteiger partial charge is 0.311 e. The standard InChI is InChI=1S/C6H6ClN.C4H9NO5S2/c7-5-3-1-2-4-6(5)8;6-11(7)5-3-1-2-4-12(8,9)10/h1-4H,8H2;1-4H2,(H,8,9,10). The summed E-state index contributed by atoms with van der Waals surface area (Å²) in [6.07, 6.45) is 0.535. The SMILES string of the molecule is Nc1ccccc1Cl.O=S(=O)=NCCCCS(=O)(=O)O. The van der Waals surface area contributed by atoms with Crippen molar-refractivity contribution in [2.24, 2.45) is 4.36 Å². The molecule has 20 heavy (non-hydrogen) atoms. The molecule has 3 N–H and O–H groups in total. The summed E-state index contributed by atoms with van der Waals surface area (Å²) in [6, 6.07) is 7.22. The van der Waals surface area contributed by atoms with Crippen molar-refractivity contribution in [3.05, 3.63) is 29.3 Å². The molecule has 0 amide bonds. The number of nitrogens with two attached hydrogens (primary N) is 1. The molecule has 1 rings (SSSR count). The molecule has 0 aliphatic rings. The van der Waals surface area contributed by atoms with Crippen LogP contribution in [-0.4, -0.2) is 33.7 Å². The monoisotopic (exact) mass is 342 g/mol. The maximum absolute atomic E-state index is 10.1. The number of nitrogens with zero attached hydrogens (tertiary/aromatic N) is 1. The van der Waals surface area contributed by atoms with Crippen LogP contribution in [0.15, 0.2) is 28.6 Å². The molecule has 0 aromatic heterocycles. The van der Waals surface area contributed by atoms with E-state index >= 15 is 0 Å². The largest absolute Gasteiger partial charge is 0.398 e. The van der Waals surface area contributed by atoms with Crippen LogP contribution >= 0.6 is 11.6 Å². The summed E-state index contributed by atoms with van der Waals surface area (Å²) in [5, 5.41) is 0.618. The van der Waals surface area contributed by atoms with Gasteiger partial charge in [0.05, 0.1) is 23.0 Å². The van der Waals surface area contributed by atoms with Gasteiger partial charge in [-0.15, -0.1) is 0 Å². The van der Waals surface area contributed by atoms with Gasteiger partial charge in [0, 0.05) is 0 Å². The average Bonchev–Trinajstić information content (AvgIpc) is 2.31. The Hall–Kier alpha value is -1.16. The molecule has 7 nitrogen and oxygen atoms in total. The van der Waals surface area contributed by atoms with Crippen LogP contribution in [-0.2, 0) is 20.6 Å². The van der Waals surface area contributed by atoms with E-state index in [2.05, 4.69) is 4.36 Å². The van der Waals surface area contributed by atoms with Crippen molar-refractivity contribution in [1.82, 2.24) is 0 Å². The van der Waals surface area contributed by atoms with E-state index in [-0.39, 0.29) is 18.7 Å². The summed E-state index contributed by atoms with van der Waals surface area (Å²) < 4.78 is 51.2. The van der Waals surface area contributed by atoms with Gasteiger partial charge in [0.2, 0.25) is 0 Å². The first-order valence-corrected chi connectivity index (χ1v) is 8.46. The highest BCUT2D eigenvalue weighted by molar-refractivity contribution is 7.85. The molecule has 0 atom stereocenters. The number of hydrogen-bond acceptors (Lipinski definition) is 6. The highest BCUT2D eigenvalue weighted by Gasteiger charge is 2.02. The van der Waals surface area contributed by atoms with E-state index in [4.69, 9.17) is 21.9 Å². The Morgan fingerprint density at radius 1 is 1.25 bits per heavy atom. The zero-order valence-corrected chi connectivity index (χ0v) is 12.8. The van der Waals surface area contributed by atoms with Crippen molar-refractivity contribution in [2.75, 3.05) is 18.0 Å². The molecule has 114 valence electrons. The van der Waals surface area contributed by atoms with Gasteiger partial charge >= 0.3 is 10.5 Å². The molecule has 0 saturated heterocycles. The third-order valence-electron chi connectivity index (χ3n) is 1.91. The summed E-state index contributed by atoms with van der Waals surface area (Å²) in [5.74, 6) is -0.353. The van der Waals surface area contributed by atoms with Crippen LogP contribution < -0.4 is 5.73 Å². The Morgan fingerprint density at radius 3 is 2.25 bits per heavy atom. The van der Waals surface area contributed by atoms with E-state index in [1.807, 2.05) is 12.1 Å². The first-order valence-electron chi connectivity index (χ1n) is 5.44. The minimum atomic E-state index is -3.92. The third kappa shape index (κ3) is 11.9. The second-order valence-electron chi connectivity index (χ2n) is 3.58. The number of unbranched alkanes of at least 4 members (excludes halogenated alkanes) is 1. The minimum Gasteiger partial charge on any atom is -0.398 e. The molecule has 0 saturated carbocycles. The van der Waals surface area contributed by atoms with Gasteiger partial charge in [0.1, 0.15) is 0 Å². The molecule has 0 aliphatic carbocycles. The summed E-state index contributed by atoms with van der Waals surface area (Å²) in [6.45, 7) is 0.0611. The molecular formula is C10H15ClN2O5S2. The highest BCUT2D eigenvalue weighted by atomic mass is 35.5. The quantitative estimate of drug-likeness (QED) is 0.475. The first-order chi connectivity index (χ1) is 9.22. The highest BCUT2D eigenvalue weighted by Crippen LogP contribution is 2.15. The van der Waals surface area contributed by atoms with E-state index in [1.165, 1.54) is 0 Å². The predicted octanol–water partition coefficient (Wildman–Crippen LogP) is 1.64. The van der Waals surface area contributed by atoms with Gasteiger partial charge in [-0.25, -0.2) is 0 Å². The lowest BCUT2D eigenvalue weighted by atomic mass is 10.3. The molecule has 10 heteroatoms. The number of hydrogen-bond donors (Lipinski definition) is 2. The van der Waals surface area contributed by atoms with E-state index < -0.39 is 20.6 Å². The second-order valence-corrected chi connectivity index (χ2v) is 6.26. The van der Waals surface area contributed by atoms with Gasteiger partial charge in [-0.1, -0.05) is 23.7 Å². The zero-order valence-electron chi connectivity index (χ0n) is 10.4. The molecule has 0 bridgehead atoms. The lowest BCUT2D eigenvalue weighted by molar-refractivity contribution is 0.480. The summed E-state index contributed by atoms with van der Waals surface area (Å²) in [7, 11) is -6.35. The molecule has 1 aromatic rings. The molecular weight excluding hydrogens is 328 g/mol. The Kier molecular flexibility index (Phi) is 9.14. The summed E-state index contributed by atoms with van der Waals surface area (Å²) in [4.78, 5) is 0. The van der Waals surface area contributed by atoms with Crippen LogP contribution in [0, 0.1) is 0 Å². The summed E-state index contributed by atoms with van der Waals surface area (Å²) >= 11 is 5.58. The predicted molar refractivity (Wildman–Crippen MR) is 77.7 cm³/mol.